The summed E-state index contributed by atoms with van der Waals surface area (Å²) in [7, 11) is 0. The minimum atomic E-state index is -0.424. The molecule has 130 valence electrons. The van der Waals surface area contributed by atoms with Gasteiger partial charge in [0.2, 0.25) is 11.7 Å². The first kappa shape index (κ1) is 16.9. The van der Waals surface area contributed by atoms with Crippen molar-refractivity contribution in [3.8, 4) is 11.4 Å². The third-order valence-corrected chi connectivity index (χ3v) is 3.85. The quantitative estimate of drug-likeness (QED) is 0.762. The number of pyridine rings is 1. The molecule has 3 aromatic rings. The van der Waals surface area contributed by atoms with Gasteiger partial charge in [0.25, 0.3) is 5.91 Å². The lowest BCUT2D eigenvalue weighted by Crippen LogP contribution is -2.27. The largest absolute Gasteiger partial charge is 0.465 e. The van der Waals surface area contributed by atoms with Gasteiger partial charge in [0, 0.05) is 23.9 Å². The number of carbonyl (C=O) groups excluding carboxylic acids is 1. The first-order valence-corrected chi connectivity index (χ1v) is 8.11. The molecule has 0 spiro atoms. The highest BCUT2D eigenvalue weighted by atomic mass is 16.5. The topological polar surface area (TPSA) is 94.1 Å². The lowest BCUT2D eigenvalue weighted by Gasteiger charge is -2.08. The number of nitrogens with one attached hydrogen (secondary N) is 1. The van der Waals surface area contributed by atoms with E-state index in [9.17, 15) is 4.79 Å². The van der Waals surface area contributed by atoms with E-state index < -0.39 is 6.04 Å². The van der Waals surface area contributed by atoms with E-state index in [0.29, 0.717) is 23.0 Å². The second-order valence-corrected chi connectivity index (χ2v) is 6.16. The Bertz CT molecular complexity index is 868. The van der Waals surface area contributed by atoms with E-state index in [4.69, 9.17) is 8.94 Å². The van der Waals surface area contributed by atoms with Crippen LogP contribution in [-0.2, 0) is 0 Å². The highest BCUT2D eigenvalue weighted by molar-refractivity contribution is 5.95. The van der Waals surface area contributed by atoms with Crippen LogP contribution in [0.1, 0.15) is 60.5 Å². The molecule has 25 heavy (non-hydrogen) atoms. The zero-order valence-corrected chi connectivity index (χ0v) is 14.6. The molecule has 0 aromatic carbocycles. The molecule has 1 atom stereocenters. The molecule has 3 heterocycles. The predicted molar refractivity (Wildman–Crippen MR) is 90.9 cm³/mol. The first-order chi connectivity index (χ1) is 12.0. The molecular formula is C18H20N4O3. The van der Waals surface area contributed by atoms with Crippen LogP contribution in [0.3, 0.4) is 0 Å². The van der Waals surface area contributed by atoms with E-state index in [2.05, 4.69) is 20.4 Å². The number of aryl methyl sites for hydroxylation is 1. The van der Waals surface area contributed by atoms with Gasteiger partial charge in [0.15, 0.2) is 0 Å². The predicted octanol–water partition coefficient (Wildman–Crippen LogP) is 3.65. The number of hydrogen-bond donors (Lipinski definition) is 1. The maximum Gasteiger partial charge on any atom is 0.255 e. The van der Waals surface area contributed by atoms with Crippen LogP contribution in [-0.4, -0.2) is 21.0 Å². The monoisotopic (exact) mass is 340 g/mol. The van der Waals surface area contributed by atoms with E-state index in [0.717, 1.165) is 11.3 Å². The Morgan fingerprint density at radius 3 is 2.56 bits per heavy atom. The molecule has 3 rings (SSSR count). The van der Waals surface area contributed by atoms with Crippen molar-refractivity contribution in [2.24, 2.45) is 0 Å². The summed E-state index contributed by atoms with van der Waals surface area (Å²) >= 11 is 0. The van der Waals surface area contributed by atoms with Gasteiger partial charge in [-0.3, -0.25) is 9.78 Å². The van der Waals surface area contributed by atoms with Gasteiger partial charge in [-0.1, -0.05) is 19.0 Å². The fourth-order valence-corrected chi connectivity index (χ4v) is 2.38. The highest BCUT2D eigenvalue weighted by Crippen LogP contribution is 2.23. The van der Waals surface area contributed by atoms with Crippen molar-refractivity contribution in [2.75, 3.05) is 0 Å². The fourth-order valence-electron chi connectivity index (χ4n) is 2.38. The average Bonchev–Trinajstić information content (AvgIpc) is 3.22. The van der Waals surface area contributed by atoms with Crippen molar-refractivity contribution in [2.45, 2.75) is 39.7 Å². The number of rotatable bonds is 5. The minimum Gasteiger partial charge on any atom is -0.465 e. The van der Waals surface area contributed by atoms with Gasteiger partial charge in [0.1, 0.15) is 17.6 Å². The Morgan fingerprint density at radius 2 is 1.92 bits per heavy atom. The summed E-state index contributed by atoms with van der Waals surface area (Å²) in [5.74, 6) is 2.16. The molecule has 1 N–H and O–H groups in total. The summed E-state index contributed by atoms with van der Waals surface area (Å²) in [6.45, 7) is 7.60. The molecule has 0 fully saturated rings. The lowest BCUT2D eigenvalue weighted by molar-refractivity contribution is 0.0931. The maximum atomic E-state index is 12.5. The smallest absolute Gasteiger partial charge is 0.255 e. The third-order valence-electron chi connectivity index (χ3n) is 3.85. The molecular weight excluding hydrogens is 320 g/mol. The molecule has 0 saturated carbocycles. The Balaban J connectivity index is 1.73. The maximum absolute atomic E-state index is 12.5. The van der Waals surface area contributed by atoms with E-state index in [1.165, 1.54) is 0 Å². The van der Waals surface area contributed by atoms with Gasteiger partial charge in [0.05, 0.1) is 5.56 Å². The number of hydrogen-bond acceptors (Lipinski definition) is 6. The van der Waals surface area contributed by atoms with Gasteiger partial charge in [-0.05, 0) is 32.0 Å². The van der Waals surface area contributed by atoms with Crippen molar-refractivity contribution >= 4 is 5.91 Å². The third kappa shape index (κ3) is 3.60. The van der Waals surface area contributed by atoms with E-state index in [-0.39, 0.29) is 11.8 Å². The van der Waals surface area contributed by atoms with Gasteiger partial charge in [-0.2, -0.15) is 4.98 Å². The standard InChI is InChI=1S/C18H20N4O3/c1-10(2)15-9-14(12(4)24-15)17(23)20-11(3)18-21-16(22-25-18)13-5-7-19-8-6-13/h5-11H,1-4H3,(H,20,23)/t11-/m1/s1. The summed E-state index contributed by atoms with van der Waals surface area (Å²) in [4.78, 5) is 20.8. The van der Waals surface area contributed by atoms with Gasteiger partial charge >= 0.3 is 0 Å². The first-order valence-electron chi connectivity index (χ1n) is 8.11. The molecule has 7 nitrogen and oxygen atoms in total. The van der Waals surface area contributed by atoms with Crippen LogP contribution in [0.5, 0.6) is 0 Å². The molecule has 0 radical (unpaired) electrons. The molecule has 3 aromatic heterocycles. The molecule has 0 aliphatic rings. The second kappa shape index (κ2) is 6.88. The SMILES string of the molecule is Cc1oc(C(C)C)cc1C(=O)N[C@H](C)c1nc(-c2ccncc2)no1. The number of amides is 1. The van der Waals surface area contributed by atoms with Crippen LogP contribution in [0, 0.1) is 6.92 Å². The van der Waals surface area contributed by atoms with E-state index in [1.807, 2.05) is 13.8 Å². The van der Waals surface area contributed by atoms with E-state index >= 15 is 0 Å². The van der Waals surface area contributed by atoms with Crippen LogP contribution < -0.4 is 5.32 Å². The van der Waals surface area contributed by atoms with Crippen LogP contribution >= 0.6 is 0 Å². The molecule has 0 unspecified atom stereocenters. The number of carbonyl (C=O) groups is 1. The van der Waals surface area contributed by atoms with E-state index in [1.54, 1.807) is 44.4 Å². The van der Waals surface area contributed by atoms with Crippen molar-refractivity contribution in [1.29, 1.82) is 0 Å². The summed E-state index contributed by atoms with van der Waals surface area (Å²) in [5.41, 5.74) is 1.32. The fraction of sp³-hybridized carbons (Fsp3) is 0.333. The average molecular weight is 340 g/mol. The van der Waals surface area contributed by atoms with Crippen LogP contribution in [0.15, 0.2) is 39.5 Å². The number of furan rings is 1. The van der Waals surface area contributed by atoms with Crippen molar-refractivity contribution in [3.05, 3.63) is 53.6 Å². The Labute approximate surface area is 145 Å². The van der Waals surface area contributed by atoms with Crippen molar-refractivity contribution in [1.82, 2.24) is 20.4 Å². The Hall–Kier alpha value is -2.96. The molecule has 0 aliphatic carbocycles. The van der Waals surface area contributed by atoms with Crippen molar-refractivity contribution < 1.29 is 13.7 Å². The molecule has 0 bridgehead atoms. The van der Waals surface area contributed by atoms with Crippen LogP contribution in [0.25, 0.3) is 11.4 Å². The summed E-state index contributed by atoms with van der Waals surface area (Å²) in [6.07, 6.45) is 3.31. The lowest BCUT2D eigenvalue weighted by atomic mass is 10.1. The number of aromatic nitrogens is 3. The zero-order valence-electron chi connectivity index (χ0n) is 14.6. The van der Waals surface area contributed by atoms with Gasteiger partial charge in [-0.25, -0.2) is 0 Å². The van der Waals surface area contributed by atoms with Crippen LogP contribution in [0.4, 0.5) is 0 Å². The van der Waals surface area contributed by atoms with Gasteiger partial charge < -0.3 is 14.3 Å². The Kier molecular flexibility index (Phi) is 4.65. The summed E-state index contributed by atoms with van der Waals surface area (Å²) in [5, 5.41) is 6.81. The highest BCUT2D eigenvalue weighted by Gasteiger charge is 2.21. The zero-order chi connectivity index (χ0) is 18.0. The molecule has 0 saturated heterocycles. The Morgan fingerprint density at radius 1 is 1.20 bits per heavy atom. The summed E-state index contributed by atoms with van der Waals surface area (Å²) < 4.78 is 10.9. The number of nitrogens with zero attached hydrogens (tertiary/aromatic N) is 3. The second-order valence-electron chi connectivity index (χ2n) is 6.16. The molecule has 1 amide bonds. The normalized spacial score (nSPS) is 12.4. The minimum absolute atomic E-state index is 0.219. The molecule has 0 aliphatic heterocycles. The summed E-state index contributed by atoms with van der Waals surface area (Å²) in [6, 6.07) is 4.94. The molecule has 7 heteroatoms. The van der Waals surface area contributed by atoms with Gasteiger partial charge in [-0.15, -0.1) is 0 Å². The van der Waals surface area contributed by atoms with Crippen LogP contribution in [0.2, 0.25) is 0 Å². The van der Waals surface area contributed by atoms with Crippen molar-refractivity contribution in [3.63, 3.8) is 0 Å².